The largest absolute Gasteiger partial charge is 0.356 e. The van der Waals surface area contributed by atoms with E-state index >= 15 is 0 Å². The molecule has 0 spiro atoms. The lowest BCUT2D eigenvalue weighted by molar-refractivity contribution is 0.236. The van der Waals surface area contributed by atoms with E-state index in [4.69, 9.17) is 0 Å². The zero-order valence-electron chi connectivity index (χ0n) is 15.9. The van der Waals surface area contributed by atoms with Gasteiger partial charge in [0.15, 0.2) is 5.96 Å². The molecule has 2 N–H and O–H groups in total. The van der Waals surface area contributed by atoms with Crippen LogP contribution in [0.25, 0.3) is 0 Å². The van der Waals surface area contributed by atoms with Crippen LogP contribution in [0.2, 0.25) is 0 Å². The van der Waals surface area contributed by atoms with Gasteiger partial charge in [-0.15, -0.1) is 24.0 Å². The van der Waals surface area contributed by atoms with Crippen LogP contribution in [-0.4, -0.2) is 50.1 Å². The van der Waals surface area contributed by atoms with E-state index in [-0.39, 0.29) is 35.2 Å². The Kier molecular flexibility index (Phi) is 8.13. The van der Waals surface area contributed by atoms with Crippen molar-refractivity contribution in [2.75, 3.05) is 33.2 Å². The zero-order chi connectivity index (χ0) is 17.7. The topological polar surface area (TPSA) is 39.7 Å². The minimum absolute atomic E-state index is 0. The van der Waals surface area contributed by atoms with Gasteiger partial charge in [-0.25, -0.2) is 4.39 Å². The minimum Gasteiger partial charge on any atom is -0.356 e. The van der Waals surface area contributed by atoms with E-state index in [1.165, 1.54) is 25.9 Å². The van der Waals surface area contributed by atoms with Crippen molar-refractivity contribution in [1.82, 2.24) is 15.5 Å². The van der Waals surface area contributed by atoms with Gasteiger partial charge in [-0.3, -0.25) is 9.89 Å². The molecule has 1 heterocycles. The summed E-state index contributed by atoms with van der Waals surface area (Å²) >= 11 is 0. The fraction of sp³-hybridized carbons (Fsp3) is 0.650. The molecule has 1 atom stereocenters. The molecule has 0 bridgehead atoms. The lowest BCUT2D eigenvalue weighted by atomic mass is 9.95. The molecule has 1 aromatic carbocycles. The molecule has 1 saturated carbocycles. The third kappa shape index (κ3) is 5.09. The number of hydrogen-bond donors (Lipinski definition) is 2. The second-order valence-corrected chi connectivity index (χ2v) is 7.37. The van der Waals surface area contributed by atoms with Crippen LogP contribution in [0.15, 0.2) is 29.3 Å². The molecule has 0 radical (unpaired) electrons. The van der Waals surface area contributed by atoms with E-state index in [1.807, 2.05) is 12.1 Å². The van der Waals surface area contributed by atoms with Gasteiger partial charge in [0, 0.05) is 31.6 Å². The van der Waals surface area contributed by atoms with Crippen LogP contribution in [0.1, 0.15) is 44.6 Å². The van der Waals surface area contributed by atoms with E-state index in [0.29, 0.717) is 6.04 Å². The molecule has 2 aliphatic rings. The van der Waals surface area contributed by atoms with Crippen LogP contribution in [-0.2, 0) is 5.41 Å². The van der Waals surface area contributed by atoms with Crippen LogP contribution >= 0.6 is 24.0 Å². The minimum atomic E-state index is -0.0928. The van der Waals surface area contributed by atoms with Crippen LogP contribution in [0.5, 0.6) is 0 Å². The van der Waals surface area contributed by atoms with E-state index in [0.717, 1.165) is 43.9 Å². The fourth-order valence-corrected chi connectivity index (χ4v) is 3.91. The Morgan fingerprint density at radius 3 is 2.50 bits per heavy atom. The summed E-state index contributed by atoms with van der Waals surface area (Å²) in [5, 5.41) is 6.89. The summed E-state index contributed by atoms with van der Waals surface area (Å²) in [6.07, 6.45) is 5.83. The van der Waals surface area contributed by atoms with Gasteiger partial charge in [0.2, 0.25) is 0 Å². The molecule has 1 aliphatic carbocycles. The maximum absolute atomic E-state index is 14.1. The highest BCUT2D eigenvalue weighted by Gasteiger charge is 2.45. The molecular formula is C20H32FIN4. The lowest BCUT2D eigenvalue weighted by Gasteiger charge is -2.27. The summed E-state index contributed by atoms with van der Waals surface area (Å²) in [5.41, 5.74) is 0.767. The van der Waals surface area contributed by atoms with E-state index in [9.17, 15) is 4.39 Å². The van der Waals surface area contributed by atoms with Gasteiger partial charge in [-0.05, 0) is 56.8 Å². The van der Waals surface area contributed by atoms with Crippen molar-refractivity contribution < 1.29 is 4.39 Å². The second kappa shape index (κ2) is 9.88. The van der Waals surface area contributed by atoms with Crippen LogP contribution in [0, 0.1) is 5.82 Å². The van der Waals surface area contributed by atoms with Gasteiger partial charge in [-0.2, -0.15) is 0 Å². The molecule has 1 aliphatic heterocycles. The van der Waals surface area contributed by atoms with E-state index in [2.05, 4.69) is 27.4 Å². The third-order valence-electron chi connectivity index (χ3n) is 5.75. The first-order chi connectivity index (χ1) is 12.2. The summed E-state index contributed by atoms with van der Waals surface area (Å²) in [4.78, 5) is 6.92. The van der Waals surface area contributed by atoms with Crippen LogP contribution < -0.4 is 10.6 Å². The predicted octanol–water partition coefficient (Wildman–Crippen LogP) is 3.51. The Hall–Kier alpha value is -0.890. The van der Waals surface area contributed by atoms with Crippen molar-refractivity contribution in [2.45, 2.75) is 50.5 Å². The van der Waals surface area contributed by atoms with Gasteiger partial charge >= 0.3 is 0 Å². The maximum atomic E-state index is 14.1. The lowest BCUT2D eigenvalue weighted by Crippen LogP contribution is -2.47. The van der Waals surface area contributed by atoms with Crippen molar-refractivity contribution in [2.24, 2.45) is 4.99 Å². The fourth-order valence-electron chi connectivity index (χ4n) is 3.91. The third-order valence-corrected chi connectivity index (χ3v) is 5.75. The first kappa shape index (κ1) is 21.4. The molecule has 6 heteroatoms. The number of aliphatic imine (C=N–C) groups is 1. The standard InChI is InChI=1S/C20H31FN4.HI/c1-3-16(25-12-6-7-13-25)14-23-19(22-2)24-15-20(10-11-20)17-8-4-5-9-18(17)21;/h4-5,8-9,16H,3,6-7,10-15H2,1-2H3,(H2,22,23,24);1H. The number of benzene rings is 1. The molecule has 1 aromatic rings. The average molecular weight is 474 g/mol. The van der Waals surface area contributed by atoms with Gasteiger partial charge in [0.05, 0.1) is 0 Å². The van der Waals surface area contributed by atoms with Gasteiger partial charge in [0.25, 0.3) is 0 Å². The molecule has 146 valence electrons. The smallest absolute Gasteiger partial charge is 0.191 e. The van der Waals surface area contributed by atoms with Crippen molar-refractivity contribution in [1.29, 1.82) is 0 Å². The Labute approximate surface area is 174 Å². The number of guanidine groups is 1. The summed E-state index contributed by atoms with van der Waals surface area (Å²) in [6, 6.07) is 7.72. The molecule has 2 fully saturated rings. The quantitative estimate of drug-likeness (QED) is 0.361. The number of hydrogen-bond acceptors (Lipinski definition) is 2. The summed E-state index contributed by atoms with van der Waals surface area (Å²) in [7, 11) is 1.80. The van der Waals surface area contributed by atoms with Crippen molar-refractivity contribution in [3.05, 3.63) is 35.6 Å². The normalized spacial score (nSPS) is 20.3. The Balaban J connectivity index is 0.00000243. The highest BCUT2D eigenvalue weighted by molar-refractivity contribution is 14.0. The summed E-state index contributed by atoms with van der Waals surface area (Å²) in [5.74, 6) is 0.727. The Morgan fingerprint density at radius 2 is 1.92 bits per heavy atom. The van der Waals surface area contributed by atoms with Crippen LogP contribution in [0.4, 0.5) is 4.39 Å². The first-order valence-electron chi connectivity index (χ1n) is 9.62. The summed E-state index contributed by atoms with van der Waals surface area (Å²) < 4.78 is 14.1. The van der Waals surface area contributed by atoms with E-state index in [1.54, 1.807) is 19.2 Å². The van der Waals surface area contributed by atoms with Crippen LogP contribution in [0.3, 0.4) is 0 Å². The van der Waals surface area contributed by atoms with Crippen molar-refractivity contribution in [3.63, 3.8) is 0 Å². The molecule has 1 unspecified atom stereocenters. The molecule has 1 saturated heterocycles. The average Bonchev–Trinajstić information content (AvgIpc) is 3.22. The maximum Gasteiger partial charge on any atom is 0.191 e. The molecular weight excluding hydrogens is 442 g/mol. The number of rotatable bonds is 7. The monoisotopic (exact) mass is 474 g/mol. The first-order valence-corrected chi connectivity index (χ1v) is 9.62. The molecule has 0 aromatic heterocycles. The molecule has 4 nitrogen and oxygen atoms in total. The van der Waals surface area contributed by atoms with Crippen molar-refractivity contribution in [3.8, 4) is 0 Å². The second-order valence-electron chi connectivity index (χ2n) is 7.37. The van der Waals surface area contributed by atoms with Gasteiger partial charge < -0.3 is 10.6 Å². The predicted molar refractivity (Wildman–Crippen MR) is 117 cm³/mol. The number of halogens is 2. The highest BCUT2D eigenvalue weighted by atomic mass is 127. The van der Waals surface area contributed by atoms with Crippen molar-refractivity contribution >= 4 is 29.9 Å². The molecule has 0 amide bonds. The zero-order valence-corrected chi connectivity index (χ0v) is 18.3. The SMILES string of the molecule is CCC(CNC(=NC)NCC1(c2ccccc2F)CC1)N1CCCC1.I. The number of nitrogens with one attached hydrogen (secondary N) is 2. The molecule has 26 heavy (non-hydrogen) atoms. The number of nitrogens with zero attached hydrogens (tertiary/aromatic N) is 2. The van der Waals surface area contributed by atoms with Gasteiger partial charge in [0.1, 0.15) is 5.82 Å². The highest BCUT2D eigenvalue weighted by Crippen LogP contribution is 2.48. The Bertz CT molecular complexity index is 597. The van der Waals surface area contributed by atoms with E-state index < -0.39 is 0 Å². The summed E-state index contributed by atoms with van der Waals surface area (Å²) in [6.45, 7) is 6.31. The molecule has 3 rings (SSSR count). The number of likely N-dealkylation sites (tertiary alicyclic amines) is 1. The van der Waals surface area contributed by atoms with Gasteiger partial charge in [-0.1, -0.05) is 25.1 Å². The Morgan fingerprint density at radius 1 is 1.23 bits per heavy atom.